The van der Waals surface area contributed by atoms with E-state index in [0.717, 1.165) is 16.9 Å². The zero-order chi connectivity index (χ0) is 21.5. The van der Waals surface area contributed by atoms with Crippen LogP contribution in [0.25, 0.3) is 0 Å². The molecule has 2 aromatic carbocycles. The summed E-state index contributed by atoms with van der Waals surface area (Å²) in [5.41, 5.74) is 1.75. The second-order valence-electron chi connectivity index (χ2n) is 7.03. The molecule has 0 amide bonds. The summed E-state index contributed by atoms with van der Waals surface area (Å²) in [6, 6.07) is 14.6. The Morgan fingerprint density at radius 1 is 0.767 bits per heavy atom. The Kier molecular flexibility index (Phi) is 8.03. The molecule has 3 N–H and O–H groups in total. The van der Waals surface area contributed by atoms with Crippen molar-refractivity contribution in [3.05, 3.63) is 59.7 Å². The number of hydrogen-bond acceptors (Lipinski definition) is 8. The molecule has 0 aromatic heterocycles. The molecule has 1 aliphatic heterocycles. The number of aliphatic hydroxyl groups excluding tert-OH is 3. The summed E-state index contributed by atoms with van der Waals surface area (Å²) >= 11 is 0. The first-order valence-corrected chi connectivity index (χ1v) is 9.66. The van der Waals surface area contributed by atoms with Gasteiger partial charge >= 0.3 is 0 Å². The third-order valence-electron chi connectivity index (χ3n) is 4.97. The smallest absolute Gasteiger partial charge is 0.184 e. The Morgan fingerprint density at radius 3 is 1.83 bits per heavy atom. The third kappa shape index (κ3) is 5.69. The van der Waals surface area contributed by atoms with Crippen LogP contribution in [0.3, 0.4) is 0 Å². The van der Waals surface area contributed by atoms with Crippen molar-refractivity contribution >= 4 is 0 Å². The molecule has 0 spiro atoms. The second-order valence-corrected chi connectivity index (χ2v) is 7.03. The topological polar surface area (TPSA) is 107 Å². The largest absolute Gasteiger partial charge is 0.497 e. The van der Waals surface area contributed by atoms with Crippen molar-refractivity contribution in [2.45, 2.75) is 43.9 Å². The number of rotatable bonds is 9. The maximum atomic E-state index is 10.4. The Bertz CT molecular complexity index is 762. The average molecular weight is 420 g/mol. The van der Waals surface area contributed by atoms with Crippen molar-refractivity contribution in [3.63, 3.8) is 0 Å². The van der Waals surface area contributed by atoms with Crippen LogP contribution in [0.1, 0.15) is 11.1 Å². The predicted molar refractivity (Wildman–Crippen MR) is 107 cm³/mol. The van der Waals surface area contributed by atoms with E-state index in [4.69, 9.17) is 23.7 Å². The molecule has 0 radical (unpaired) electrons. The Labute approximate surface area is 175 Å². The first-order valence-electron chi connectivity index (χ1n) is 9.66. The maximum Gasteiger partial charge on any atom is 0.184 e. The maximum absolute atomic E-state index is 10.4. The van der Waals surface area contributed by atoms with E-state index in [1.54, 1.807) is 26.4 Å². The predicted octanol–water partition coefficient (Wildman–Crippen LogP) is 1.24. The molecule has 0 aliphatic carbocycles. The first kappa shape index (κ1) is 22.5. The van der Waals surface area contributed by atoms with Crippen molar-refractivity contribution in [1.29, 1.82) is 0 Å². The highest BCUT2D eigenvalue weighted by molar-refractivity contribution is 5.27. The lowest BCUT2D eigenvalue weighted by Gasteiger charge is -2.40. The van der Waals surface area contributed by atoms with Gasteiger partial charge in [-0.25, -0.2) is 0 Å². The van der Waals surface area contributed by atoms with E-state index in [2.05, 4.69) is 0 Å². The molecule has 164 valence electrons. The van der Waals surface area contributed by atoms with Gasteiger partial charge in [0.2, 0.25) is 0 Å². The number of hydrogen-bond donors (Lipinski definition) is 3. The highest BCUT2D eigenvalue weighted by Crippen LogP contribution is 2.24. The summed E-state index contributed by atoms with van der Waals surface area (Å²) in [6.45, 7) is 0.435. The molecule has 1 aliphatic rings. The Morgan fingerprint density at radius 2 is 1.30 bits per heavy atom. The molecule has 0 saturated carbocycles. The van der Waals surface area contributed by atoms with Gasteiger partial charge < -0.3 is 39.0 Å². The van der Waals surface area contributed by atoms with Gasteiger partial charge in [-0.1, -0.05) is 24.3 Å². The summed E-state index contributed by atoms with van der Waals surface area (Å²) in [5, 5.41) is 31.0. The molecule has 1 fully saturated rings. The summed E-state index contributed by atoms with van der Waals surface area (Å²) in [5.74, 6) is 1.46. The van der Waals surface area contributed by atoms with Crippen LogP contribution in [0, 0.1) is 0 Å². The number of benzene rings is 2. The third-order valence-corrected chi connectivity index (χ3v) is 4.97. The van der Waals surface area contributed by atoms with E-state index in [1.807, 2.05) is 36.4 Å². The summed E-state index contributed by atoms with van der Waals surface area (Å²) in [7, 11) is 3.17. The van der Waals surface area contributed by atoms with Crippen molar-refractivity contribution < 1.29 is 39.0 Å². The van der Waals surface area contributed by atoms with Crippen LogP contribution in [0.15, 0.2) is 48.5 Å². The summed E-state index contributed by atoms with van der Waals surface area (Å²) < 4.78 is 26.8. The molecule has 1 saturated heterocycles. The normalized spacial score (nSPS) is 26.4. The number of aliphatic hydroxyl groups is 3. The zero-order valence-electron chi connectivity index (χ0n) is 17.0. The number of ether oxygens (including phenoxy) is 5. The molecule has 0 bridgehead atoms. The van der Waals surface area contributed by atoms with Gasteiger partial charge in [0.15, 0.2) is 6.29 Å². The molecule has 2 aromatic rings. The lowest BCUT2D eigenvalue weighted by Crippen LogP contribution is -2.59. The minimum absolute atomic E-state index is 0.00646. The molecule has 8 nitrogen and oxygen atoms in total. The molecular weight excluding hydrogens is 392 g/mol. The van der Waals surface area contributed by atoms with Gasteiger partial charge in [-0.15, -0.1) is 0 Å². The first-order chi connectivity index (χ1) is 14.5. The Balaban J connectivity index is 1.48. The standard InChI is InChI=1S/C22H28O8/c1-26-16-7-3-14(4-8-16)11-28-13-18-19(23)20(24)21(22(25)30-18)29-12-15-5-9-17(27-2)10-6-15/h3-10,18-25H,11-13H2,1-2H3/t18-,19+,20+,21-,22-/m1/s1. The van der Waals surface area contributed by atoms with E-state index in [1.165, 1.54) is 0 Å². The van der Waals surface area contributed by atoms with Gasteiger partial charge in [0.1, 0.15) is 35.9 Å². The van der Waals surface area contributed by atoms with Crippen LogP contribution in [0.2, 0.25) is 0 Å². The lowest BCUT2D eigenvalue weighted by molar-refractivity contribution is -0.300. The molecule has 5 atom stereocenters. The molecule has 3 rings (SSSR count). The molecule has 8 heteroatoms. The minimum atomic E-state index is -1.39. The van der Waals surface area contributed by atoms with Gasteiger partial charge in [-0.3, -0.25) is 0 Å². The van der Waals surface area contributed by atoms with Gasteiger partial charge in [-0.05, 0) is 35.4 Å². The van der Waals surface area contributed by atoms with Crippen molar-refractivity contribution in [1.82, 2.24) is 0 Å². The fourth-order valence-corrected chi connectivity index (χ4v) is 3.17. The van der Waals surface area contributed by atoms with Gasteiger partial charge in [0.25, 0.3) is 0 Å². The minimum Gasteiger partial charge on any atom is -0.497 e. The lowest BCUT2D eigenvalue weighted by atomic mass is 9.99. The van der Waals surface area contributed by atoms with Crippen LogP contribution in [0.5, 0.6) is 11.5 Å². The fraction of sp³-hybridized carbons (Fsp3) is 0.455. The van der Waals surface area contributed by atoms with Gasteiger partial charge in [0.05, 0.1) is 34.0 Å². The highest BCUT2D eigenvalue weighted by atomic mass is 16.7. The molecular formula is C22H28O8. The second kappa shape index (κ2) is 10.7. The quantitative estimate of drug-likeness (QED) is 0.556. The van der Waals surface area contributed by atoms with Gasteiger partial charge in [-0.2, -0.15) is 0 Å². The number of methoxy groups -OCH3 is 2. The van der Waals surface area contributed by atoms with Crippen LogP contribution in [-0.4, -0.2) is 66.9 Å². The average Bonchev–Trinajstić information content (AvgIpc) is 2.78. The van der Waals surface area contributed by atoms with E-state index in [9.17, 15) is 15.3 Å². The van der Waals surface area contributed by atoms with Crippen molar-refractivity contribution in [2.75, 3.05) is 20.8 Å². The summed E-state index contributed by atoms with van der Waals surface area (Å²) in [6.07, 6.45) is -5.93. The van der Waals surface area contributed by atoms with E-state index in [0.29, 0.717) is 12.4 Å². The molecule has 0 unspecified atom stereocenters. The van der Waals surface area contributed by atoms with Crippen LogP contribution in [0.4, 0.5) is 0 Å². The molecule has 1 heterocycles. The van der Waals surface area contributed by atoms with Gasteiger partial charge in [0, 0.05) is 0 Å². The van der Waals surface area contributed by atoms with Crippen molar-refractivity contribution in [3.8, 4) is 11.5 Å². The van der Waals surface area contributed by atoms with Crippen LogP contribution >= 0.6 is 0 Å². The van der Waals surface area contributed by atoms with E-state index in [-0.39, 0.29) is 13.2 Å². The van der Waals surface area contributed by atoms with Crippen molar-refractivity contribution in [2.24, 2.45) is 0 Å². The molecule has 30 heavy (non-hydrogen) atoms. The van der Waals surface area contributed by atoms with Crippen LogP contribution in [-0.2, 0) is 27.4 Å². The SMILES string of the molecule is COc1ccc(COC[C@H]2O[C@@H](O)[C@H](OCc3ccc(OC)cc3)[C@@H](O)[C@H]2O)cc1. The monoisotopic (exact) mass is 420 g/mol. The summed E-state index contributed by atoms with van der Waals surface area (Å²) in [4.78, 5) is 0. The van der Waals surface area contributed by atoms with E-state index < -0.39 is 30.7 Å². The van der Waals surface area contributed by atoms with Crippen LogP contribution < -0.4 is 9.47 Å². The van der Waals surface area contributed by atoms with E-state index >= 15 is 0 Å². The Hall–Kier alpha value is -2.20. The fourth-order valence-electron chi connectivity index (χ4n) is 3.17. The zero-order valence-corrected chi connectivity index (χ0v) is 17.0. The highest BCUT2D eigenvalue weighted by Gasteiger charge is 2.44.